The summed E-state index contributed by atoms with van der Waals surface area (Å²) >= 11 is 15.5. The molecule has 0 atom stereocenters. The van der Waals surface area contributed by atoms with E-state index < -0.39 is 22.5 Å². The third kappa shape index (κ3) is 7.13. The van der Waals surface area contributed by atoms with Crippen LogP contribution in [-0.4, -0.2) is 31.4 Å². The summed E-state index contributed by atoms with van der Waals surface area (Å²) in [5.41, 5.74) is 4.91. The third-order valence-corrected chi connectivity index (χ3v) is 7.85. The number of carbonyl (C=O) groups excluding carboxylic acids is 1. The minimum atomic E-state index is -4.01. The average molecular weight is 583 g/mol. The molecule has 3 aromatic carbocycles. The minimum Gasteiger partial charge on any atom is -0.272 e. The fourth-order valence-electron chi connectivity index (χ4n) is 3.04. The van der Waals surface area contributed by atoms with E-state index in [2.05, 4.69) is 33.4 Å². The van der Waals surface area contributed by atoms with Gasteiger partial charge in [-0.05, 0) is 59.5 Å². The monoisotopic (exact) mass is 581 g/mol. The van der Waals surface area contributed by atoms with Gasteiger partial charge in [0.2, 0.25) is 10.0 Å². The topological polar surface area (TPSA) is 78.8 Å². The number of nitrogens with zero attached hydrogens (tertiary/aromatic N) is 2. The maximum Gasteiger partial charge on any atom is 0.255 e. The van der Waals surface area contributed by atoms with Crippen LogP contribution >= 0.6 is 39.1 Å². The molecule has 0 aliphatic carbocycles. The van der Waals surface area contributed by atoms with E-state index in [4.69, 9.17) is 23.2 Å². The highest BCUT2D eigenvalue weighted by Gasteiger charge is 2.27. The Kier molecular flexibility index (Phi) is 9.27. The summed E-state index contributed by atoms with van der Waals surface area (Å²) in [4.78, 5) is 12.7. The quantitative estimate of drug-likeness (QED) is 0.261. The van der Waals surface area contributed by atoms with E-state index in [1.807, 2.05) is 24.3 Å². The molecule has 0 heterocycles. The van der Waals surface area contributed by atoms with Crippen molar-refractivity contribution in [3.8, 4) is 0 Å². The van der Waals surface area contributed by atoms with Gasteiger partial charge in [-0.25, -0.2) is 13.8 Å². The molecule has 1 N–H and O–H groups in total. The first-order valence-corrected chi connectivity index (χ1v) is 13.3. The van der Waals surface area contributed by atoms with Crippen molar-refractivity contribution < 1.29 is 13.2 Å². The Balaban J connectivity index is 1.80. The fraction of sp³-hybridized carbons (Fsp3) is 0.167. The molecule has 10 heteroatoms. The number of hydrogen-bond donors (Lipinski definition) is 1. The van der Waals surface area contributed by atoms with Gasteiger partial charge < -0.3 is 0 Å². The lowest BCUT2D eigenvalue weighted by molar-refractivity contribution is -0.121. The smallest absolute Gasteiger partial charge is 0.255 e. The normalized spacial score (nSPS) is 11.8. The fourth-order valence-corrected chi connectivity index (χ4v) is 5.14. The van der Waals surface area contributed by atoms with Crippen LogP contribution in [-0.2, 0) is 27.8 Å². The van der Waals surface area contributed by atoms with Gasteiger partial charge in [0.25, 0.3) is 5.91 Å². The summed E-state index contributed by atoms with van der Waals surface area (Å²) in [5.74, 6) is -0.591. The van der Waals surface area contributed by atoms with Gasteiger partial charge in [-0.3, -0.25) is 4.79 Å². The third-order valence-electron chi connectivity index (χ3n) is 4.92. The van der Waals surface area contributed by atoms with Crippen LogP contribution in [0, 0.1) is 0 Å². The van der Waals surface area contributed by atoms with Gasteiger partial charge in [-0.2, -0.15) is 9.41 Å². The molecule has 6 nitrogen and oxygen atoms in total. The predicted molar refractivity (Wildman–Crippen MR) is 140 cm³/mol. The van der Waals surface area contributed by atoms with Crippen LogP contribution < -0.4 is 5.43 Å². The number of halogens is 3. The molecule has 1 amide bonds. The highest BCUT2D eigenvalue weighted by Crippen LogP contribution is 2.25. The van der Waals surface area contributed by atoms with Crippen molar-refractivity contribution in [2.45, 2.75) is 24.8 Å². The van der Waals surface area contributed by atoms with Crippen LogP contribution in [0.15, 0.2) is 81.2 Å². The first kappa shape index (κ1) is 26.4. The molecule has 0 saturated heterocycles. The lowest BCUT2D eigenvalue weighted by atomic mass is 10.1. The number of sulfonamides is 1. The van der Waals surface area contributed by atoms with Gasteiger partial charge in [0, 0.05) is 21.1 Å². The summed E-state index contributed by atoms with van der Waals surface area (Å²) in [5, 5.41) is 4.69. The van der Waals surface area contributed by atoms with Crippen LogP contribution in [0.1, 0.15) is 23.6 Å². The number of benzene rings is 3. The Hall–Kier alpha value is -2.23. The summed E-state index contributed by atoms with van der Waals surface area (Å²) in [6.45, 7) is 1.49. The molecule has 0 aromatic heterocycles. The summed E-state index contributed by atoms with van der Waals surface area (Å²) in [6.07, 6.45) is 2.43. The first-order valence-electron chi connectivity index (χ1n) is 10.3. The Morgan fingerprint density at radius 2 is 1.74 bits per heavy atom. The lowest BCUT2D eigenvalue weighted by Gasteiger charge is -2.22. The van der Waals surface area contributed by atoms with Gasteiger partial charge in [-0.1, -0.05) is 76.4 Å². The van der Waals surface area contributed by atoms with Crippen LogP contribution in [0.25, 0.3) is 0 Å². The number of rotatable bonds is 9. The molecule has 178 valence electrons. The number of hydrazone groups is 1. The van der Waals surface area contributed by atoms with Gasteiger partial charge in [0.15, 0.2) is 0 Å². The van der Waals surface area contributed by atoms with Crippen molar-refractivity contribution in [1.82, 2.24) is 9.73 Å². The SMILES string of the molecule is CCc1ccc(/C=N/NC(=O)CN(Cc2ccc(Cl)cc2Cl)S(=O)(=O)c2ccc(Br)cc2)cc1. The van der Waals surface area contributed by atoms with Crippen LogP contribution in [0.3, 0.4) is 0 Å². The van der Waals surface area contributed by atoms with E-state index in [1.54, 1.807) is 24.3 Å². The number of carbonyl (C=O) groups is 1. The predicted octanol–water partition coefficient (Wildman–Crippen LogP) is 5.66. The van der Waals surface area contributed by atoms with Crippen LogP contribution in [0.5, 0.6) is 0 Å². The van der Waals surface area contributed by atoms with Crippen molar-refractivity contribution >= 4 is 61.3 Å². The van der Waals surface area contributed by atoms with Crippen molar-refractivity contribution in [2.24, 2.45) is 5.10 Å². The molecule has 0 aliphatic heterocycles. The molecule has 0 bridgehead atoms. The Labute approximate surface area is 217 Å². The van der Waals surface area contributed by atoms with Crippen molar-refractivity contribution in [3.63, 3.8) is 0 Å². The summed E-state index contributed by atoms with van der Waals surface area (Å²) < 4.78 is 28.5. The van der Waals surface area contributed by atoms with E-state index in [9.17, 15) is 13.2 Å². The molecule has 0 aliphatic rings. The molecule has 0 saturated carbocycles. The van der Waals surface area contributed by atoms with E-state index in [-0.39, 0.29) is 11.4 Å². The molecular weight excluding hydrogens is 561 g/mol. The molecule has 3 rings (SSSR count). The zero-order chi connectivity index (χ0) is 24.7. The van der Waals surface area contributed by atoms with Crippen LogP contribution in [0.2, 0.25) is 10.0 Å². The number of aryl methyl sites for hydroxylation is 1. The van der Waals surface area contributed by atoms with E-state index in [0.717, 1.165) is 20.8 Å². The maximum absolute atomic E-state index is 13.3. The zero-order valence-electron chi connectivity index (χ0n) is 18.2. The molecule has 0 fully saturated rings. The van der Waals surface area contributed by atoms with Gasteiger partial charge >= 0.3 is 0 Å². The van der Waals surface area contributed by atoms with Gasteiger partial charge in [-0.15, -0.1) is 0 Å². The molecule has 0 spiro atoms. The summed E-state index contributed by atoms with van der Waals surface area (Å²) in [7, 11) is -4.01. The van der Waals surface area contributed by atoms with E-state index in [0.29, 0.717) is 15.6 Å². The van der Waals surface area contributed by atoms with Crippen molar-refractivity contribution in [3.05, 3.63) is 97.9 Å². The number of hydrogen-bond acceptors (Lipinski definition) is 4. The second-order valence-corrected chi connectivity index (χ2v) is 11.0. The van der Waals surface area contributed by atoms with Crippen molar-refractivity contribution in [1.29, 1.82) is 0 Å². The highest BCUT2D eigenvalue weighted by atomic mass is 79.9. The second kappa shape index (κ2) is 12.0. The second-order valence-electron chi connectivity index (χ2n) is 7.35. The maximum atomic E-state index is 13.3. The first-order chi connectivity index (χ1) is 16.2. The molecular formula is C24H22BrCl2N3O3S. The standard InChI is InChI=1S/C24H22BrCl2N3O3S/c1-2-17-3-5-18(6-4-17)14-28-29-24(31)16-30(15-19-7-10-21(26)13-23(19)27)34(32,33)22-11-8-20(25)9-12-22/h3-14H,2,15-16H2,1H3,(H,29,31)/b28-14+. The Morgan fingerprint density at radius 1 is 1.06 bits per heavy atom. The molecule has 0 unspecified atom stereocenters. The van der Waals surface area contributed by atoms with Gasteiger partial charge in [0.05, 0.1) is 17.7 Å². The van der Waals surface area contributed by atoms with Gasteiger partial charge in [0.1, 0.15) is 0 Å². The molecule has 34 heavy (non-hydrogen) atoms. The van der Waals surface area contributed by atoms with E-state index >= 15 is 0 Å². The Morgan fingerprint density at radius 3 is 2.35 bits per heavy atom. The molecule has 3 aromatic rings. The van der Waals surface area contributed by atoms with Crippen LogP contribution in [0.4, 0.5) is 0 Å². The summed E-state index contributed by atoms with van der Waals surface area (Å²) in [6, 6.07) is 18.7. The number of nitrogens with one attached hydrogen (secondary N) is 1. The average Bonchev–Trinajstić information content (AvgIpc) is 2.81. The zero-order valence-corrected chi connectivity index (χ0v) is 22.1. The Bertz CT molecular complexity index is 1280. The largest absolute Gasteiger partial charge is 0.272 e. The number of amides is 1. The lowest BCUT2D eigenvalue weighted by Crippen LogP contribution is -2.39. The minimum absolute atomic E-state index is 0.0492. The highest BCUT2D eigenvalue weighted by molar-refractivity contribution is 9.10. The van der Waals surface area contributed by atoms with E-state index in [1.165, 1.54) is 30.0 Å². The van der Waals surface area contributed by atoms with Crippen molar-refractivity contribution in [2.75, 3.05) is 6.54 Å². The molecule has 0 radical (unpaired) electrons.